The minimum Gasteiger partial charge on any atom is -0.481 e. The van der Waals surface area contributed by atoms with E-state index in [0.717, 1.165) is 36.1 Å². The van der Waals surface area contributed by atoms with Crippen molar-refractivity contribution in [2.45, 2.75) is 38.0 Å². The van der Waals surface area contributed by atoms with Crippen LogP contribution in [-0.2, 0) is 9.59 Å². The van der Waals surface area contributed by atoms with Gasteiger partial charge in [0.1, 0.15) is 0 Å². The van der Waals surface area contributed by atoms with Crippen LogP contribution in [0.25, 0.3) is 0 Å². The first-order chi connectivity index (χ1) is 12.2. The highest BCUT2D eigenvalue weighted by molar-refractivity contribution is 6.06. The number of hydrogen-bond donors (Lipinski definition) is 1. The highest BCUT2D eigenvalue weighted by atomic mass is 16.4. The molecule has 0 aromatic heterocycles. The Balaban J connectivity index is 1.67. The molecule has 0 aliphatic carbocycles. The maximum absolute atomic E-state index is 13.0. The van der Waals surface area contributed by atoms with Gasteiger partial charge in [-0.25, -0.2) is 0 Å². The normalized spacial score (nSPS) is 16.1. The number of unbranched alkanes of at least 4 members (excludes halogenated alkanes) is 3. The fourth-order valence-electron chi connectivity index (χ4n) is 3.48. The number of anilines is 1. The van der Waals surface area contributed by atoms with Crippen molar-refractivity contribution >= 4 is 17.6 Å². The third kappa shape index (κ3) is 3.90. The van der Waals surface area contributed by atoms with Gasteiger partial charge in [0.25, 0.3) is 0 Å². The smallest absolute Gasteiger partial charge is 0.303 e. The Morgan fingerprint density at radius 3 is 2.36 bits per heavy atom. The molecule has 4 heteroatoms. The first kappa shape index (κ1) is 17.2. The highest BCUT2D eigenvalue weighted by Gasteiger charge is 2.37. The fourth-order valence-corrected chi connectivity index (χ4v) is 3.48. The standard InChI is InChI=1S/C21H23NO3/c23-19(24)14-6-1-2-9-15-22-18-13-8-7-12-17(18)20(21(22)25)16-10-4-3-5-11-16/h3-5,7-8,10-13,20H,1-2,6,9,14-15H2,(H,23,24). The minimum absolute atomic E-state index is 0.137. The number of carbonyl (C=O) groups is 2. The molecule has 1 atom stereocenters. The summed E-state index contributed by atoms with van der Waals surface area (Å²) in [5.74, 6) is -0.823. The predicted molar refractivity (Wildman–Crippen MR) is 97.8 cm³/mol. The molecule has 2 aromatic rings. The third-order valence-corrected chi connectivity index (χ3v) is 4.71. The summed E-state index contributed by atoms with van der Waals surface area (Å²) in [7, 11) is 0. The van der Waals surface area contributed by atoms with Crippen LogP contribution < -0.4 is 4.90 Å². The molecule has 1 aliphatic rings. The molecule has 0 radical (unpaired) electrons. The number of nitrogens with zero attached hydrogens (tertiary/aromatic N) is 1. The van der Waals surface area contributed by atoms with E-state index in [9.17, 15) is 9.59 Å². The van der Waals surface area contributed by atoms with Crippen LogP contribution in [0.4, 0.5) is 5.69 Å². The highest BCUT2D eigenvalue weighted by Crippen LogP contribution is 2.41. The van der Waals surface area contributed by atoms with Gasteiger partial charge in [-0.05, 0) is 30.0 Å². The second kappa shape index (κ2) is 7.97. The summed E-state index contributed by atoms with van der Waals surface area (Å²) < 4.78 is 0. The topological polar surface area (TPSA) is 57.6 Å². The van der Waals surface area contributed by atoms with Crippen molar-refractivity contribution in [3.05, 3.63) is 65.7 Å². The van der Waals surface area contributed by atoms with E-state index in [4.69, 9.17) is 5.11 Å². The lowest BCUT2D eigenvalue weighted by Gasteiger charge is -2.18. The zero-order valence-electron chi connectivity index (χ0n) is 14.2. The monoisotopic (exact) mass is 337 g/mol. The molecule has 0 fully saturated rings. The second-order valence-electron chi connectivity index (χ2n) is 6.45. The van der Waals surface area contributed by atoms with Crippen molar-refractivity contribution in [2.75, 3.05) is 11.4 Å². The van der Waals surface area contributed by atoms with Crippen LogP contribution in [0.15, 0.2) is 54.6 Å². The van der Waals surface area contributed by atoms with Gasteiger partial charge >= 0.3 is 5.97 Å². The lowest BCUT2D eigenvalue weighted by molar-refractivity contribution is -0.137. The van der Waals surface area contributed by atoms with Crippen molar-refractivity contribution in [1.82, 2.24) is 0 Å². The predicted octanol–water partition coefficient (Wildman–Crippen LogP) is 4.20. The molecular weight excluding hydrogens is 314 g/mol. The number of carbonyl (C=O) groups excluding carboxylic acids is 1. The number of fused-ring (bicyclic) bond motifs is 1. The Kier molecular flexibility index (Phi) is 5.49. The molecule has 1 unspecified atom stereocenters. The summed E-state index contributed by atoms with van der Waals surface area (Å²) in [4.78, 5) is 25.5. The van der Waals surface area contributed by atoms with Crippen molar-refractivity contribution in [2.24, 2.45) is 0 Å². The molecule has 0 saturated carbocycles. The molecule has 0 spiro atoms. The van der Waals surface area contributed by atoms with Gasteiger partial charge < -0.3 is 10.0 Å². The summed E-state index contributed by atoms with van der Waals surface area (Å²) in [5.41, 5.74) is 3.11. The summed E-state index contributed by atoms with van der Waals surface area (Å²) in [6, 6.07) is 17.9. The molecule has 130 valence electrons. The van der Waals surface area contributed by atoms with E-state index in [2.05, 4.69) is 0 Å². The number of carboxylic acid groups (broad SMARTS) is 1. The van der Waals surface area contributed by atoms with Gasteiger partial charge in [-0.3, -0.25) is 9.59 Å². The Bertz CT molecular complexity index is 742. The van der Waals surface area contributed by atoms with Gasteiger partial charge in [-0.15, -0.1) is 0 Å². The number of amides is 1. The molecule has 0 bridgehead atoms. The summed E-state index contributed by atoms with van der Waals surface area (Å²) in [6.45, 7) is 0.687. The number of benzene rings is 2. The maximum Gasteiger partial charge on any atom is 0.303 e. The Morgan fingerprint density at radius 1 is 0.920 bits per heavy atom. The van der Waals surface area contributed by atoms with E-state index in [1.165, 1.54) is 0 Å². The molecule has 1 N–H and O–H groups in total. The summed E-state index contributed by atoms with van der Waals surface area (Å²) in [5, 5.41) is 8.67. The number of hydrogen-bond acceptors (Lipinski definition) is 2. The van der Waals surface area contributed by atoms with E-state index in [1.54, 1.807) is 0 Å². The molecule has 4 nitrogen and oxygen atoms in total. The Labute approximate surface area is 148 Å². The Hall–Kier alpha value is -2.62. The molecule has 1 aliphatic heterocycles. The lowest BCUT2D eigenvalue weighted by atomic mass is 9.93. The van der Waals surface area contributed by atoms with Gasteiger partial charge in [0.15, 0.2) is 0 Å². The Morgan fingerprint density at radius 2 is 1.60 bits per heavy atom. The number of para-hydroxylation sites is 1. The third-order valence-electron chi connectivity index (χ3n) is 4.71. The van der Waals surface area contributed by atoms with Crippen LogP contribution in [-0.4, -0.2) is 23.5 Å². The molecule has 3 rings (SSSR count). The number of carboxylic acids is 1. The summed E-state index contributed by atoms with van der Waals surface area (Å²) in [6.07, 6.45) is 3.64. The lowest BCUT2D eigenvalue weighted by Crippen LogP contribution is -2.30. The van der Waals surface area contributed by atoms with Gasteiger partial charge in [0, 0.05) is 18.7 Å². The van der Waals surface area contributed by atoms with E-state index >= 15 is 0 Å². The van der Waals surface area contributed by atoms with Crippen LogP contribution in [0.1, 0.15) is 49.1 Å². The average Bonchev–Trinajstić information content (AvgIpc) is 2.90. The molecule has 0 saturated heterocycles. The van der Waals surface area contributed by atoms with Crippen molar-refractivity contribution < 1.29 is 14.7 Å². The van der Waals surface area contributed by atoms with Gasteiger partial charge in [-0.2, -0.15) is 0 Å². The van der Waals surface area contributed by atoms with E-state index < -0.39 is 5.97 Å². The second-order valence-corrected chi connectivity index (χ2v) is 6.45. The SMILES string of the molecule is O=C(O)CCCCCCN1C(=O)C(c2ccccc2)c2ccccc21. The number of aliphatic carboxylic acids is 1. The molecule has 2 aromatic carbocycles. The molecule has 25 heavy (non-hydrogen) atoms. The molecular formula is C21H23NO3. The molecule has 1 amide bonds. The molecule has 1 heterocycles. The minimum atomic E-state index is -0.741. The first-order valence-electron chi connectivity index (χ1n) is 8.85. The van der Waals surface area contributed by atoms with E-state index in [0.29, 0.717) is 13.0 Å². The van der Waals surface area contributed by atoms with Crippen molar-refractivity contribution in [3.63, 3.8) is 0 Å². The van der Waals surface area contributed by atoms with E-state index in [-0.39, 0.29) is 18.2 Å². The summed E-state index contributed by atoms with van der Waals surface area (Å²) >= 11 is 0. The van der Waals surface area contributed by atoms with Crippen LogP contribution in [0.3, 0.4) is 0 Å². The maximum atomic E-state index is 13.0. The van der Waals surface area contributed by atoms with Crippen LogP contribution in [0.2, 0.25) is 0 Å². The van der Waals surface area contributed by atoms with Gasteiger partial charge in [0.2, 0.25) is 5.91 Å². The zero-order valence-corrected chi connectivity index (χ0v) is 14.2. The van der Waals surface area contributed by atoms with Gasteiger partial charge in [0.05, 0.1) is 5.92 Å². The van der Waals surface area contributed by atoms with Gasteiger partial charge in [-0.1, -0.05) is 61.4 Å². The van der Waals surface area contributed by atoms with Crippen LogP contribution in [0.5, 0.6) is 0 Å². The fraction of sp³-hybridized carbons (Fsp3) is 0.333. The van der Waals surface area contributed by atoms with Crippen molar-refractivity contribution in [1.29, 1.82) is 0 Å². The quantitative estimate of drug-likeness (QED) is 0.735. The largest absolute Gasteiger partial charge is 0.481 e. The van der Waals surface area contributed by atoms with Crippen LogP contribution >= 0.6 is 0 Å². The number of rotatable bonds is 8. The van der Waals surface area contributed by atoms with Crippen molar-refractivity contribution in [3.8, 4) is 0 Å². The van der Waals surface area contributed by atoms with E-state index in [1.807, 2.05) is 59.5 Å². The zero-order chi connectivity index (χ0) is 17.6. The average molecular weight is 337 g/mol. The first-order valence-corrected chi connectivity index (χ1v) is 8.85. The van der Waals surface area contributed by atoms with Crippen LogP contribution in [0, 0.1) is 0 Å².